The van der Waals surface area contributed by atoms with Crippen molar-refractivity contribution in [1.29, 1.82) is 0 Å². The van der Waals surface area contributed by atoms with Gasteiger partial charge in [-0.1, -0.05) is 116 Å². The molecular formula is C52H68F2O10. The second-order valence-electron chi connectivity index (χ2n) is 16.1. The molecule has 0 aliphatic carbocycles. The zero-order valence-electron chi connectivity index (χ0n) is 38.0. The zero-order valence-corrected chi connectivity index (χ0v) is 38.0. The van der Waals surface area contributed by atoms with E-state index < -0.39 is 29.3 Å². The number of carbonyl (C=O) groups is 4. The number of halogens is 2. The first-order chi connectivity index (χ1) is 30.9. The molecule has 0 radical (unpaired) electrons. The first-order valence-electron chi connectivity index (χ1n) is 23.0. The fraction of sp³-hybridized carbons (Fsp3) is 0.500. The van der Waals surface area contributed by atoms with Crippen LogP contribution in [0.5, 0.6) is 23.0 Å². The summed E-state index contributed by atoms with van der Waals surface area (Å²) in [7, 11) is 0. The number of unbranched alkanes of at least 4 members (excludes halogenated alkanes) is 18. The van der Waals surface area contributed by atoms with Gasteiger partial charge in [-0.3, -0.25) is 0 Å². The molecule has 0 N–H and O–H groups in total. The fourth-order valence-corrected chi connectivity index (χ4v) is 6.58. The average Bonchev–Trinajstić information content (AvgIpc) is 3.27. The Kier molecular flexibility index (Phi) is 25.9. The molecule has 0 aliphatic rings. The number of ether oxygens (including phenoxy) is 6. The van der Waals surface area contributed by atoms with Crippen LogP contribution in [0.3, 0.4) is 0 Å². The van der Waals surface area contributed by atoms with E-state index in [0.717, 1.165) is 89.2 Å². The molecule has 0 fully saturated rings. The van der Waals surface area contributed by atoms with Crippen LogP contribution < -0.4 is 18.9 Å². The molecule has 12 heteroatoms. The van der Waals surface area contributed by atoms with Crippen molar-refractivity contribution in [2.75, 3.05) is 26.4 Å². The molecule has 0 saturated carbocycles. The minimum atomic E-state index is -1.21. The van der Waals surface area contributed by atoms with Crippen molar-refractivity contribution in [2.24, 2.45) is 0 Å². The SMILES string of the molecule is C=C(C)C(=O)OCCCCCCCCCCCCOc1ccc(C(=O)Oc2cc(F)c(OC(=O)c3ccc(OCCCCCCCCCCCCOC(=O)C(=C)C)cc3)c(F)c2)cc1. The fourth-order valence-electron chi connectivity index (χ4n) is 6.58. The predicted octanol–water partition coefficient (Wildman–Crippen LogP) is 13.2. The van der Waals surface area contributed by atoms with Crippen LogP contribution in [0.2, 0.25) is 0 Å². The van der Waals surface area contributed by atoms with Gasteiger partial charge >= 0.3 is 23.9 Å². The van der Waals surface area contributed by atoms with E-state index in [0.29, 0.717) is 49.1 Å². The van der Waals surface area contributed by atoms with E-state index in [4.69, 9.17) is 28.4 Å². The third kappa shape index (κ3) is 22.2. The van der Waals surface area contributed by atoms with E-state index in [1.165, 1.54) is 75.6 Å². The molecule has 3 aromatic carbocycles. The number of benzene rings is 3. The van der Waals surface area contributed by atoms with Gasteiger partial charge in [-0.2, -0.15) is 0 Å². The topological polar surface area (TPSA) is 124 Å². The molecule has 0 bridgehead atoms. The lowest BCUT2D eigenvalue weighted by atomic mass is 10.1. The molecule has 350 valence electrons. The van der Waals surface area contributed by atoms with Crippen LogP contribution in [0.1, 0.15) is 163 Å². The molecule has 3 aromatic rings. The lowest BCUT2D eigenvalue weighted by molar-refractivity contribution is -0.139. The Bertz CT molecular complexity index is 1870. The Morgan fingerprint density at radius 3 is 1.05 bits per heavy atom. The normalized spacial score (nSPS) is 10.8. The van der Waals surface area contributed by atoms with E-state index in [-0.39, 0.29) is 28.8 Å². The van der Waals surface area contributed by atoms with Gasteiger partial charge in [0.15, 0.2) is 11.6 Å². The Balaban J connectivity index is 1.24. The predicted molar refractivity (Wildman–Crippen MR) is 244 cm³/mol. The van der Waals surface area contributed by atoms with Gasteiger partial charge in [-0.15, -0.1) is 0 Å². The molecule has 0 amide bonds. The summed E-state index contributed by atoms with van der Waals surface area (Å²) in [5, 5.41) is 0. The van der Waals surface area contributed by atoms with E-state index in [1.54, 1.807) is 38.1 Å². The van der Waals surface area contributed by atoms with Gasteiger partial charge in [0.25, 0.3) is 0 Å². The van der Waals surface area contributed by atoms with Crippen LogP contribution in [0.4, 0.5) is 8.78 Å². The maximum absolute atomic E-state index is 14.9. The van der Waals surface area contributed by atoms with Crippen molar-refractivity contribution >= 4 is 23.9 Å². The molecule has 0 unspecified atom stereocenters. The zero-order chi connectivity index (χ0) is 46.4. The highest BCUT2D eigenvalue weighted by Crippen LogP contribution is 2.29. The smallest absolute Gasteiger partial charge is 0.343 e. The van der Waals surface area contributed by atoms with Crippen molar-refractivity contribution in [3.05, 3.63) is 108 Å². The lowest BCUT2D eigenvalue weighted by Crippen LogP contribution is -2.12. The van der Waals surface area contributed by atoms with Crippen LogP contribution in [-0.2, 0) is 19.1 Å². The van der Waals surface area contributed by atoms with Gasteiger partial charge in [0, 0.05) is 23.3 Å². The highest BCUT2D eigenvalue weighted by Gasteiger charge is 2.20. The van der Waals surface area contributed by atoms with Crippen molar-refractivity contribution in [1.82, 2.24) is 0 Å². The maximum atomic E-state index is 14.9. The van der Waals surface area contributed by atoms with Crippen molar-refractivity contribution in [3.8, 4) is 23.0 Å². The third-order valence-corrected chi connectivity index (χ3v) is 10.3. The number of hydrogen-bond donors (Lipinski definition) is 0. The average molecular weight is 891 g/mol. The molecule has 0 heterocycles. The monoisotopic (exact) mass is 890 g/mol. The third-order valence-electron chi connectivity index (χ3n) is 10.3. The Hall–Kier alpha value is -5.52. The van der Waals surface area contributed by atoms with Crippen LogP contribution in [-0.4, -0.2) is 50.3 Å². The highest BCUT2D eigenvalue weighted by molar-refractivity contribution is 5.92. The highest BCUT2D eigenvalue weighted by atomic mass is 19.1. The molecule has 0 spiro atoms. The molecule has 10 nitrogen and oxygen atoms in total. The van der Waals surface area contributed by atoms with Gasteiger partial charge in [0.05, 0.1) is 37.6 Å². The van der Waals surface area contributed by atoms with E-state index in [9.17, 15) is 28.0 Å². The maximum Gasteiger partial charge on any atom is 0.343 e. The molecule has 3 rings (SSSR count). The van der Waals surface area contributed by atoms with E-state index in [1.807, 2.05) is 0 Å². The minimum absolute atomic E-state index is 0.0769. The first kappa shape index (κ1) is 52.8. The molecule has 64 heavy (non-hydrogen) atoms. The summed E-state index contributed by atoms with van der Waals surface area (Å²) in [6.07, 6.45) is 21.8. The van der Waals surface area contributed by atoms with E-state index >= 15 is 0 Å². The van der Waals surface area contributed by atoms with Gasteiger partial charge in [-0.25, -0.2) is 28.0 Å². The van der Waals surface area contributed by atoms with Gasteiger partial charge in [-0.05, 0) is 88.1 Å². The first-order valence-corrected chi connectivity index (χ1v) is 23.0. The number of hydrogen-bond acceptors (Lipinski definition) is 10. The summed E-state index contributed by atoms with van der Waals surface area (Å²) in [4.78, 5) is 48.2. The number of rotatable bonds is 34. The molecule has 0 aromatic heterocycles. The van der Waals surface area contributed by atoms with Crippen LogP contribution in [0.25, 0.3) is 0 Å². The Morgan fingerprint density at radius 1 is 0.422 bits per heavy atom. The summed E-state index contributed by atoms with van der Waals surface area (Å²) in [6.45, 7) is 12.4. The van der Waals surface area contributed by atoms with Gasteiger partial charge in [0.2, 0.25) is 5.75 Å². The second-order valence-corrected chi connectivity index (χ2v) is 16.1. The largest absolute Gasteiger partial charge is 0.494 e. The standard InChI is InChI=1S/C52H68F2O10/c1-39(2)49(55)61-35-23-19-15-11-7-5-9-13-17-21-33-59-43-29-25-41(26-30-43)51(57)63-45-37-46(53)48(47(54)38-45)64-52(58)42-27-31-44(32-28-42)60-34-22-18-14-10-6-8-12-16-20-24-36-62-50(56)40(3)4/h25-32,37-38H,1,3,5-24,33-36H2,2,4H3. The summed E-state index contributed by atoms with van der Waals surface area (Å²) < 4.78 is 61.9. The molecule has 0 atom stereocenters. The molecule has 0 saturated heterocycles. The number of esters is 4. The lowest BCUT2D eigenvalue weighted by Gasteiger charge is -2.11. The van der Waals surface area contributed by atoms with Crippen molar-refractivity contribution in [2.45, 2.75) is 142 Å². The second kappa shape index (κ2) is 31.3. The van der Waals surface area contributed by atoms with Crippen LogP contribution in [0.15, 0.2) is 85.0 Å². The van der Waals surface area contributed by atoms with Gasteiger partial charge in [0.1, 0.15) is 17.2 Å². The van der Waals surface area contributed by atoms with Crippen LogP contribution in [0, 0.1) is 11.6 Å². The Labute approximate surface area is 378 Å². The van der Waals surface area contributed by atoms with Crippen LogP contribution >= 0.6 is 0 Å². The quantitative estimate of drug-likeness (QED) is 0.0248. The summed E-state index contributed by atoms with van der Waals surface area (Å²) in [5.74, 6) is -4.98. The van der Waals surface area contributed by atoms with Gasteiger partial charge < -0.3 is 28.4 Å². The Morgan fingerprint density at radius 2 is 0.719 bits per heavy atom. The molecule has 0 aliphatic heterocycles. The van der Waals surface area contributed by atoms with E-state index in [2.05, 4.69) is 13.2 Å². The van der Waals surface area contributed by atoms with Crippen molar-refractivity contribution in [3.63, 3.8) is 0 Å². The summed E-state index contributed by atoms with van der Waals surface area (Å²) in [6, 6.07) is 14.0. The number of carbonyl (C=O) groups excluding carboxylic acids is 4. The van der Waals surface area contributed by atoms with Crippen molar-refractivity contribution < 1.29 is 56.4 Å². The molecular weight excluding hydrogens is 823 g/mol. The summed E-state index contributed by atoms with van der Waals surface area (Å²) in [5.41, 5.74) is 1.10. The summed E-state index contributed by atoms with van der Waals surface area (Å²) >= 11 is 0. The minimum Gasteiger partial charge on any atom is -0.494 e.